The Morgan fingerprint density at radius 3 is 1.85 bits per heavy atom. The minimum Gasteiger partial charge on any atom is -0.499 e. The smallest absolute Gasteiger partial charge is 0.499 e. The first-order valence-electron chi connectivity index (χ1n) is 3.67. The van der Waals surface area contributed by atoms with Gasteiger partial charge in [0.1, 0.15) is 0 Å². The highest BCUT2D eigenvalue weighted by Crippen LogP contribution is 2.11. The molecule has 0 amide bonds. The Bertz CT molecular complexity index is 293. The molecular weight excluding hydrogens is 171 g/mol. The summed E-state index contributed by atoms with van der Waals surface area (Å²) in [6.45, 7) is 0. The highest BCUT2D eigenvalue weighted by atomic mass is 16.7. The molecule has 0 aliphatic rings. The van der Waals surface area contributed by atoms with Gasteiger partial charge < -0.3 is 18.1 Å². The summed E-state index contributed by atoms with van der Waals surface area (Å²) in [4.78, 5) is 0. The van der Waals surface area contributed by atoms with Crippen LogP contribution in [0, 0.1) is 0 Å². The van der Waals surface area contributed by atoms with Crippen LogP contribution in [-0.2, 0) is 0 Å². The van der Waals surface area contributed by atoms with Gasteiger partial charge in [-0.2, -0.15) is 0 Å². The molecule has 0 aliphatic heterocycles. The Hall–Kier alpha value is -1.78. The maximum atomic E-state index is 4.95. The number of hydrogen-bond acceptors (Lipinski definition) is 4. The van der Waals surface area contributed by atoms with Crippen LogP contribution in [0.15, 0.2) is 45.6 Å². The lowest BCUT2D eigenvalue weighted by molar-refractivity contribution is 0.328. The van der Waals surface area contributed by atoms with E-state index in [-0.39, 0.29) is 0 Å². The van der Waals surface area contributed by atoms with Gasteiger partial charge in [0.25, 0.3) is 11.9 Å². The van der Waals surface area contributed by atoms with Gasteiger partial charge in [0.15, 0.2) is 0 Å². The average Bonchev–Trinajstić information content (AvgIpc) is 2.75. The fraction of sp³-hybridized carbons (Fsp3) is 0. The Labute approximate surface area is 75.4 Å². The van der Waals surface area contributed by atoms with E-state index in [0.29, 0.717) is 11.9 Å². The second-order valence-electron chi connectivity index (χ2n) is 2.20. The topological polar surface area (TPSA) is 44.7 Å². The molecule has 2 aromatic heterocycles. The molecule has 0 spiro atoms. The van der Waals surface area contributed by atoms with Crippen LogP contribution in [-0.4, -0.2) is 7.69 Å². The predicted octanol–water partition coefficient (Wildman–Crippen LogP) is 1.86. The van der Waals surface area contributed by atoms with Crippen LogP contribution in [0.25, 0.3) is 0 Å². The van der Waals surface area contributed by atoms with Crippen molar-refractivity contribution in [1.29, 1.82) is 0 Å². The lowest BCUT2D eigenvalue weighted by atomic mass is 10.4. The molecule has 2 aromatic rings. The van der Waals surface area contributed by atoms with E-state index in [4.69, 9.17) is 18.1 Å². The average molecular weight is 177 g/mol. The van der Waals surface area contributed by atoms with E-state index in [0.717, 1.165) is 7.69 Å². The van der Waals surface area contributed by atoms with E-state index in [1.807, 2.05) is 0 Å². The second kappa shape index (κ2) is 3.75. The zero-order chi connectivity index (χ0) is 8.93. The first-order chi connectivity index (χ1) is 6.45. The zero-order valence-corrected chi connectivity index (χ0v) is 6.67. The molecular formula is C8H6BO4. The van der Waals surface area contributed by atoms with Crippen LogP contribution in [0.2, 0.25) is 0 Å². The normalized spacial score (nSPS) is 9.54. The molecule has 4 nitrogen and oxygen atoms in total. The third-order valence-corrected chi connectivity index (χ3v) is 1.32. The van der Waals surface area contributed by atoms with Gasteiger partial charge in [-0.05, 0) is 12.1 Å². The first-order valence-corrected chi connectivity index (χ1v) is 3.67. The lowest BCUT2D eigenvalue weighted by Gasteiger charge is -1.98. The van der Waals surface area contributed by atoms with Crippen LogP contribution >= 0.6 is 0 Å². The molecule has 0 aliphatic carbocycles. The molecule has 0 unspecified atom stereocenters. The van der Waals surface area contributed by atoms with Crippen molar-refractivity contribution in [3.8, 4) is 11.9 Å². The molecule has 65 valence electrons. The molecule has 0 atom stereocenters. The van der Waals surface area contributed by atoms with Crippen LogP contribution in [0.5, 0.6) is 11.9 Å². The highest BCUT2D eigenvalue weighted by Gasteiger charge is 2.03. The summed E-state index contributed by atoms with van der Waals surface area (Å²) in [5, 5.41) is 0. The third-order valence-electron chi connectivity index (χ3n) is 1.32. The third kappa shape index (κ3) is 2.08. The fourth-order valence-corrected chi connectivity index (χ4v) is 0.780. The Kier molecular flexibility index (Phi) is 2.27. The van der Waals surface area contributed by atoms with Crippen molar-refractivity contribution in [1.82, 2.24) is 0 Å². The lowest BCUT2D eigenvalue weighted by Crippen LogP contribution is -2.09. The summed E-state index contributed by atoms with van der Waals surface area (Å²) in [6.07, 6.45) is 3.02. The molecule has 0 aromatic carbocycles. The minimum atomic E-state index is 0.367. The molecule has 0 bridgehead atoms. The van der Waals surface area contributed by atoms with Gasteiger partial charge in [0, 0.05) is 12.1 Å². The van der Waals surface area contributed by atoms with Crippen molar-refractivity contribution in [2.45, 2.75) is 0 Å². The molecule has 0 N–H and O–H groups in total. The summed E-state index contributed by atoms with van der Waals surface area (Å²) in [7, 11) is 1.14. The van der Waals surface area contributed by atoms with E-state index in [9.17, 15) is 0 Å². The van der Waals surface area contributed by atoms with E-state index in [1.165, 1.54) is 12.5 Å². The quantitative estimate of drug-likeness (QED) is 0.668. The monoisotopic (exact) mass is 177 g/mol. The van der Waals surface area contributed by atoms with E-state index in [1.54, 1.807) is 24.3 Å². The second-order valence-corrected chi connectivity index (χ2v) is 2.20. The summed E-state index contributed by atoms with van der Waals surface area (Å²) >= 11 is 0. The van der Waals surface area contributed by atoms with Gasteiger partial charge in [0.05, 0.1) is 12.5 Å². The molecule has 0 saturated heterocycles. The summed E-state index contributed by atoms with van der Waals surface area (Å²) in [5.41, 5.74) is 0. The van der Waals surface area contributed by atoms with Gasteiger partial charge in [-0.1, -0.05) is 0 Å². The van der Waals surface area contributed by atoms with Crippen molar-refractivity contribution < 1.29 is 18.1 Å². The Morgan fingerprint density at radius 2 is 1.46 bits per heavy atom. The van der Waals surface area contributed by atoms with Crippen LogP contribution in [0.1, 0.15) is 0 Å². The fourth-order valence-electron chi connectivity index (χ4n) is 0.780. The van der Waals surface area contributed by atoms with Crippen molar-refractivity contribution >= 4 is 7.69 Å². The minimum absolute atomic E-state index is 0.367. The Morgan fingerprint density at radius 1 is 0.923 bits per heavy atom. The molecule has 0 saturated carbocycles. The van der Waals surface area contributed by atoms with Crippen molar-refractivity contribution in [2.24, 2.45) is 0 Å². The standard InChI is InChI=1S/C8H6BO4/c1-3-7(10-5-1)12-9-13-8-4-2-6-11-8/h1-6H. The maximum Gasteiger partial charge on any atom is 0.662 e. The van der Waals surface area contributed by atoms with Gasteiger partial charge in [-0.15, -0.1) is 0 Å². The van der Waals surface area contributed by atoms with Gasteiger partial charge in [0.2, 0.25) is 0 Å². The van der Waals surface area contributed by atoms with Crippen LogP contribution in [0.3, 0.4) is 0 Å². The SMILES string of the molecule is [B](Oc1ccco1)Oc1ccco1. The van der Waals surface area contributed by atoms with Crippen molar-refractivity contribution in [3.63, 3.8) is 0 Å². The highest BCUT2D eigenvalue weighted by molar-refractivity contribution is 6.20. The van der Waals surface area contributed by atoms with Crippen molar-refractivity contribution in [3.05, 3.63) is 36.8 Å². The van der Waals surface area contributed by atoms with Crippen LogP contribution in [0.4, 0.5) is 0 Å². The number of rotatable bonds is 4. The summed E-state index contributed by atoms with van der Waals surface area (Å²) in [6, 6.07) is 6.77. The van der Waals surface area contributed by atoms with E-state index in [2.05, 4.69) is 0 Å². The van der Waals surface area contributed by atoms with E-state index < -0.39 is 0 Å². The van der Waals surface area contributed by atoms with Gasteiger partial charge >= 0.3 is 7.69 Å². The number of hydrogen-bond donors (Lipinski definition) is 0. The molecule has 0 fully saturated rings. The number of furan rings is 2. The summed E-state index contributed by atoms with van der Waals surface area (Å²) in [5.74, 6) is 0.734. The largest absolute Gasteiger partial charge is 0.662 e. The molecule has 2 rings (SSSR count). The molecule has 2 heterocycles. The molecule has 1 radical (unpaired) electrons. The Balaban J connectivity index is 1.76. The zero-order valence-electron chi connectivity index (χ0n) is 6.67. The molecule has 5 heteroatoms. The van der Waals surface area contributed by atoms with Crippen molar-refractivity contribution in [2.75, 3.05) is 0 Å². The predicted molar refractivity (Wildman–Crippen MR) is 44.4 cm³/mol. The van der Waals surface area contributed by atoms with Gasteiger partial charge in [-0.3, -0.25) is 0 Å². The first kappa shape index (κ1) is 7.85. The summed E-state index contributed by atoms with van der Waals surface area (Å²) < 4.78 is 19.7. The maximum absolute atomic E-state index is 4.95. The van der Waals surface area contributed by atoms with Gasteiger partial charge in [-0.25, -0.2) is 0 Å². The van der Waals surface area contributed by atoms with E-state index >= 15 is 0 Å². The molecule has 13 heavy (non-hydrogen) atoms. The van der Waals surface area contributed by atoms with Crippen LogP contribution < -0.4 is 9.31 Å².